The Hall–Kier alpha value is -8.46. The Balaban J connectivity index is 0.872. The maximum Gasteiger partial charge on any atom is 0.0655 e. The van der Waals surface area contributed by atoms with Crippen LogP contribution in [0.15, 0.2) is 267 Å². The maximum atomic E-state index is 2.54. The Morgan fingerprint density at radius 1 is 0.358 bits per heavy atom. The fourth-order valence-corrected chi connectivity index (χ4v) is 10.4. The lowest BCUT2D eigenvalue weighted by Gasteiger charge is -2.35. The minimum atomic E-state index is -0.0929. The molecule has 2 aliphatic rings. The molecule has 67 heavy (non-hydrogen) atoms. The van der Waals surface area contributed by atoms with Crippen LogP contribution in [0.25, 0.3) is 66.4 Å². The molecule has 2 atom stereocenters. The highest BCUT2D eigenvalue weighted by Crippen LogP contribution is 2.53. The lowest BCUT2D eigenvalue weighted by Crippen LogP contribution is -2.39. The first-order valence-corrected chi connectivity index (χ1v) is 23.3. The molecule has 0 bridgehead atoms. The molecule has 12 rings (SSSR count). The molecule has 10 aromatic rings. The summed E-state index contributed by atoms with van der Waals surface area (Å²) < 4.78 is 0. The van der Waals surface area contributed by atoms with Crippen LogP contribution in [-0.4, -0.2) is 6.04 Å². The predicted octanol–water partition coefficient (Wildman–Crippen LogP) is 17.5. The molecule has 0 amide bonds. The van der Waals surface area contributed by atoms with Crippen LogP contribution in [0, 0.1) is 0 Å². The van der Waals surface area contributed by atoms with Gasteiger partial charge in [-0.3, -0.25) is 0 Å². The molecule has 0 saturated carbocycles. The smallest absolute Gasteiger partial charge is 0.0655 e. The quantitative estimate of drug-likeness (QED) is 0.143. The van der Waals surface area contributed by atoms with Crippen LogP contribution >= 0.6 is 0 Å². The van der Waals surface area contributed by atoms with Gasteiger partial charge in [0.05, 0.1) is 6.04 Å². The van der Waals surface area contributed by atoms with E-state index in [2.05, 4.69) is 284 Å². The number of hydrogen-bond donors (Lipinski definition) is 0. The van der Waals surface area contributed by atoms with E-state index in [0.29, 0.717) is 0 Å². The molecule has 2 heteroatoms. The number of para-hydroxylation sites is 2. The second-order valence-corrected chi connectivity index (χ2v) is 17.9. The molecule has 0 N–H and O–H groups in total. The van der Waals surface area contributed by atoms with Crippen molar-refractivity contribution in [1.82, 2.24) is 0 Å². The SMILES string of the molecule is CC12C=CC=CC1N(c1ccccc1-c1ccc(-c3ccc(N(c4ccc(-c5cc(-c6ccccc6)cc(-c6ccccc6)c5)cc4)c4ccc5ccccc5c4)cc3)cc1)c1ccccc12. The molecular formula is C65H48N2. The van der Waals surface area contributed by atoms with Crippen LogP contribution in [0.2, 0.25) is 0 Å². The van der Waals surface area contributed by atoms with Gasteiger partial charge in [0.15, 0.2) is 0 Å². The average Bonchev–Trinajstić information content (AvgIpc) is 3.67. The van der Waals surface area contributed by atoms with E-state index in [-0.39, 0.29) is 11.5 Å². The first-order chi connectivity index (χ1) is 33.1. The Morgan fingerprint density at radius 3 is 1.45 bits per heavy atom. The van der Waals surface area contributed by atoms with Crippen molar-refractivity contribution in [3.8, 4) is 55.6 Å². The van der Waals surface area contributed by atoms with E-state index < -0.39 is 0 Å². The zero-order chi connectivity index (χ0) is 44.7. The summed E-state index contributed by atoms with van der Waals surface area (Å²) >= 11 is 0. The molecule has 2 unspecified atom stereocenters. The molecule has 0 spiro atoms. The van der Waals surface area contributed by atoms with E-state index in [0.717, 1.165) is 17.1 Å². The van der Waals surface area contributed by atoms with E-state index >= 15 is 0 Å². The predicted molar refractivity (Wildman–Crippen MR) is 284 cm³/mol. The van der Waals surface area contributed by atoms with Gasteiger partial charge in [-0.15, -0.1) is 0 Å². The van der Waals surface area contributed by atoms with Crippen LogP contribution in [-0.2, 0) is 5.41 Å². The van der Waals surface area contributed by atoms with Gasteiger partial charge in [0, 0.05) is 39.4 Å². The molecule has 1 aliphatic heterocycles. The lowest BCUT2D eigenvalue weighted by molar-refractivity contribution is 0.551. The van der Waals surface area contributed by atoms with Crippen LogP contribution in [0.5, 0.6) is 0 Å². The Bertz CT molecular complexity index is 3400. The van der Waals surface area contributed by atoms with Crippen molar-refractivity contribution in [2.75, 3.05) is 9.80 Å². The third-order valence-electron chi connectivity index (χ3n) is 13.9. The zero-order valence-corrected chi connectivity index (χ0v) is 37.4. The second-order valence-electron chi connectivity index (χ2n) is 17.9. The summed E-state index contributed by atoms with van der Waals surface area (Å²) in [5, 5.41) is 2.43. The average molecular weight is 857 g/mol. The third-order valence-corrected chi connectivity index (χ3v) is 13.9. The molecule has 0 saturated heterocycles. The second kappa shape index (κ2) is 16.8. The minimum absolute atomic E-state index is 0.0929. The third kappa shape index (κ3) is 7.34. The first-order valence-electron chi connectivity index (χ1n) is 23.3. The maximum absolute atomic E-state index is 2.54. The van der Waals surface area contributed by atoms with Gasteiger partial charge in [-0.1, -0.05) is 200 Å². The van der Waals surface area contributed by atoms with Gasteiger partial charge in [0.2, 0.25) is 0 Å². The van der Waals surface area contributed by atoms with Crippen molar-refractivity contribution in [3.05, 3.63) is 273 Å². The monoisotopic (exact) mass is 856 g/mol. The van der Waals surface area contributed by atoms with E-state index in [1.54, 1.807) is 0 Å². The molecule has 1 heterocycles. The lowest BCUT2D eigenvalue weighted by atomic mass is 9.76. The van der Waals surface area contributed by atoms with Gasteiger partial charge in [-0.25, -0.2) is 0 Å². The Morgan fingerprint density at radius 2 is 0.821 bits per heavy atom. The highest BCUT2D eigenvalue weighted by Gasteiger charge is 2.46. The molecule has 10 aromatic carbocycles. The Kier molecular flexibility index (Phi) is 10.1. The van der Waals surface area contributed by atoms with Gasteiger partial charge in [0.1, 0.15) is 0 Å². The number of fused-ring (bicyclic) bond motifs is 4. The van der Waals surface area contributed by atoms with Gasteiger partial charge >= 0.3 is 0 Å². The molecule has 318 valence electrons. The number of nitrogens with zero attached hydrogens (tertiary/aromatic N) is 2. The first kappa shape index (κ1) is 40.1. The van der Waals surface area contributed by atoms with Crippen molar-refractivity contribution in [1.29, 1.82) is 0 Å². The van der Waals surface area contributed by atoms with Crippen molar-refractivity contribution < 1.29 is 0 Å². The van der Waals surface area contributed by atoms with Crippen molar-refractivity contribution in [2.24, 2.45) is 0 Å². The van der Waals surface area contributed by atoms with Crippen molar-refractivity contribution in [3.63, 3.8) is 0 Å². The van der Waals surface area contributed by atoms with Gasteiger partial charge < -0.3 is 9.80 Å². The van der Waals surface area contributed by atoms with Crippen LogP contribution in [0.3, 0.4) is 0 Å². The zero-order valence-electron chi connectivity index (χ0n) is 37.4. The fraction of sp³-hybridized carbons (Fsp3) is 0.0462. The number of anilines is 5. The van der Waals surface area contributed by atoms with E-state index in [1.807, 2.05) is 0 Å². The summed E-state index contributed by atoms with van der Waals surface area (Å²) in [6.07, 6.45) is 9.11. The molecule has 1 aliphatic carbocycles. The van der Waals surface area contributed by atoms with E-state index in [1.165, 1.54) is 83.3 Å². The van der Waals surface area contributed by atoms with Crippen LogP contribution < -0.4 is 9.80 Å². The van der Waals surface area contributed by atoms with Crippen LogP contribution in [0.1, 0.15) is 12.5 Å². The normalized spacial score (nSPS) is 15.9. The minimum Gasteiger partial charge on any atom is -0.332 e. The number of hydrogen-bond acceptors (Lipinski definition) is 2. The van der Waals surface area contributed by atoms with Gasteiger partial charge in [-0.05, 0) is 140 Å². The highest BCUT2D eigenvalue weighted by molar-refractivity contribution is 5.91. The largest absolute Gasteiger partial charge is 0.332 e. The standard InChI is InChI=1S/C65H48N2/c1-65-41-15-14-26-64(65)67(63-25-13-11-23-61(63)65)62-24-12-10-22-60(62)52-29-27-49(28-30-52)50-31-36-57(37-32-50)66(59-40-35-48-20-8-9-21-53(48)45-59)58-38-33-51(34-39-58)56-43-54(46-16-4-2-5-17-46)42-55(44-56)47-18-6-3-7-19-47/h2-45,64H,1H3. The molecule has 0 fully saturated rings. The summed E-state index contributed by atoms with van der Waals surface area (Å²) in [5.41, 5.74) is 19.0. The van der Waals surface area contributed by atoms with Gasteiger partial charge in [0.25, 0.3) is 0 Å². The van der Waals surface area contributed by atoms with Crippen LogP contribution in [0.4, 0.5) is 28.4 Å². The number of allylic oxidation sites excluding steroid dienone is 2. The Labute approximate surface area is 393 Å². The highest BCUT2D eigenvalue weighted by atomic mass is 15.2. The summed E-state index contributed by atoms with van der Waals surface area (Å²) in [6, 6.07) is 88.7. The summed E-state index contributed by atoms with van der Waals surface area (Å²) in [6.45, 7) is 2.37. The summed E-state index contributed by atoms with van der Waals surface area (Å²) in [4.78, 5) is 4.91. The van der Waals surface area contributed by atoms with E-state index in [4.69, 9.17) is 0 Å². The topological polar surface area (TPSA) is 6.48 Å². The van der Waals surface area contributed by atoms with Gasteiger partial charge in [-0.2, -0.15) is 0 Å². The number of benzene rings is 10. The molecule has 0 aromatic heterocycles. The van der Waals surface area contributed by atoms with Crippen molar-refractivity contribution >= 4 is 39.2 Å². The summed E-state index contributed by atoms with van der Waals surface area (Å²) in [7, 11) is 0. The fourth-order valence-electron chi connectivity index (χ4n) is 10.4. The summed E-state index contributed by atoms with van der Waals surface area (Å²) in [5.74, 6) is 0. The van der Waals surface area contributed by atoms with Crippen molar-refractivity contribution in [2.45, 2.75) is 18.4 Å². The molecule has 0 radical (unpaired) electrons. The molecular weight excluding hydrogens is 809 g/mol. The molecule has 2 nitrogen and oxygen atoms in total. The van der Waals surface area contributed by atoms with E-state index in [9.17, 15) is 0 Å². The number of rotatable bonds is 9.